The fourth-order valence-corrected chi connectivity index (χ4v) is 3.97. The van der Waals surface area contributed by atoms with Gasteiger partial charge in [-0.15, -0.1) is 0 Å². The van der Waals surface area contributed by atoms with Crippen LogP contribution in [0.15, 0.2) is 40.9 Å². The van der Waals surface area contributed by atoms with Gasteiger partial charge in [0.15, 0.2) is 0 Å². The normalized spacial score (nSPS) is 14.6. The van der Waals surface area contributed by atoms with Crippen molar-refractivity contribution in [2.45, 2.75) is 32.2 Å². The van der Waals surface area contributed by atoms with Gasteiger partial charge in [-0.05, 0) is 48.7 Å². The largest absolute Gasteiger partial charge is 0.465 e. The number of halogens is 2. The Hall–Kier alpha value is -2.72. The van der Waals surface area contributed by atoms with E-state index in [9.17, 15) is 14.4 Å². The summed E-state index contributed by atoms with van der Waals surface area (Å²) in [5.41, 5.74) is 2.44. The average Bonchev–Trinajstić information content (AvgIpc) is 3.38. The third-order valence-corrected chi connectivity index (χ3v) is 6.01. The number of carbonyl (C=O) groups excluding carboxylic acids is 1. The molecule has 0 aliphatic heterocycles. The van der Waals surface area contributed by atoms with Gasteiger partial charge in [-0.3, -0.25) is 0 Å². The number of esters is 1. The number of methoxy groups -OCH3 is 1. The molecule has 1 aliphatic rings. The molecule has 2 aromatic carbocycles. The summed E-state index contributed by atoms with van der Waals surface area (Å²) >= 11 is 3.28. The number of fused-ring (bicyclic) bond motifs is 1. The first-order valence-corrected chi connectivity index (χ1v) is 10.1. The molecular formula is C22H19BrFN3O2. The molecule has 1 heterocycles. The van der Waals surface area contributed by atoms with Gasteiger partial charge in [0, 0.05) is 29.3 Å². The van der Waals surface area contributed by atoms with E-state index in [0.29, 0.717) is 40.8 Å². The van der Waals surface area contributed by atoms with Gasteiger partial charge in [-0.25, -0.2) is 14.2 Å². The van der Waals surface area contributed by atoms with Crippen molar-refractivity contribution in [3.63, 3.8) is 0 Å². The zero-order valence-corrected chi connectivity index (χ0v) is 17.5. The summed E-state index contributed by atoms with van der Waals surface area (Å²) in [4.78, 5) is 16.7. The molecule has 0 radical (unpaired) electrons. The fourth-order valence-electron chi connectivity index (χ4n) is 3.63. The third-order valence-electron chi connectivity index (χ3n) is 5.52. The van der Waals surface area contributed by atoms with E-state index in [1.54, 1.807) is 30.3 Å². The molecule has 4 rings (SSSR count). The molecule has 0 spiro atoms. The highest BCUT2D eigenvalue weighted by atomic mass is 79.9. The van der Waals surface area contributed by atoms with Crippen molar-refractivity contribution >= 4 is 32.9 Å². The number of hydrogen-bond acceptors (Lipinski definition) is 4. The Labute approximate surface area is 176 Å². The molecule has 1 aliphatic carbocycles. The molecule has 0 saturated heterocycles. The van der Waals surface area contributed by atoms with Gasteiger partial charge < -0.3 is 9.30 Å². The van der Waals surface area contributed by atoms with Gasteiger partial charge in [-0.1, -0.05) is 22.0 Å². The van der Waals surface area contributed by atoms with Crippen molar-refractivity contribution in [1.82, 2.24) is 9.55 Å². The van der Waals surface area contributed by atoms with Crippen molar-refractivity contribution < 1.29 is 13.9 Å². The monoisotopic (exact) mass is 455 g/mol. The van der Waals surface area contributed by atoms with Crippen LogP contribution in [-0.4, -0.2) is 22.6 Å². The maximum absolute atomic E-state index is 14.4. The van der Waals surface area contributed by atoms with Crippen LogP contribution in [0.25, 0.3) is 11.0 Å². The van der Waals surface area contributed by atoms with Crippen molar-refractivity contribution in [2.75, 3.05) is 7.11 Å². The van der Waals surface area contributed by atoms with Crippen LogP contribution in [0.3, 0.4) is 0 Å². The van der Waals surface area contributed by atoms with Gasteiger partial charge in [0.25, 0.3) is 0 Å². The first-order valence-electron chi connectivity index (χ1n) is 9.33. The molecule has 1 aromatic heterocycles. The number of nitrogens with zero attached hydrogens (tertiary/aromatic N) is 3. The van der Waals surface area contributed by atoms with Crippen LogP contribution in [0, 0.1) is 22.6 Å². The van der Waals surface area contributed by atoms with Crippen LogP contribution in [0.2, 0.25) is 0 Å². The number of benzene rings is 2. The summed E-state index contributed by atoms with van der Waals surface area (Å²) in [5, 5.41) is 9.21. The summed E-state index contributed by atoms with van der Waals surface area (Å²) in [5.74, 6) is -0.00263. The van der Waals surface area contributed by atoms with E-state index in [1.165, 1.54) is 13.2 Å². The predicted octanol–water partition coefficient (Wildman–Crippen LogP) is 5.01. The molecule has 1 saturated carbocycles. The standard InChI is InChI=1S/C22H19BrFN3O2/c1-29-21(28)15-3-5-18-19(10-15)27(13-22(6-7-22)8-9-25)20(26-18)11-14-2-4-16(23)12-17(14)24/h2-5,10,12H,6-8,11,13H2,1H3. The molecule has 148 valence electrons. The lowest BCUT2D eigenvalue weighted by atomic mass is 10.0. The van der Waals surface area contributed by atoms with E-state index >= 15 is 0 Å². The molecule has 0 bridgehead atoms. The summed E-state index contributed by atoms with van der Waals surface area (Å²) in [6, 6.07) is 12.5. The fraction of sp³-hybridized carbons (Fsp3) is 0.318. The van der Waals surface area contributed by atoms with E-state index < -0.39 is 5.97 Å². The highest BCUT2D eigenvalue weighted by molar-refractivity contribution is 9.10. The second-order valence-corrected chi connectivity index (χ2v) is 8.47. The minimum atomic E-state index is -0.418. The van der Waals surface area contributed by atoms with Crippen molar-refractivity contribution in [2.24, 2.45) is 5.41 Å². The molecule has 0 N–H and O–H groups in total. The molecule has 7 heteroatoms. The van der Waals surface area contributed by atoms with Crippen LogP contribution in [-0.2, 0) is 17.7 Å². The lowest BCUT2D eigenvalue weighted by Crippen LogP contribution is -2.15. The smallest absolute Gasteiger partial charge is 0.337 e. The quantitative estimate of drug-likeness (QED) is 0.489. The number of hydrogen-bond donors (Lipinski definition) is 0. The molecule has 1 fully saturated rings. The maximum Gasteiger partial charge on any atom is 0.337 e. The van der Waals surface area contributed by atoms with Crippen molar-refractivity contribution in [3.05, 3.63) is 63.6 Å². The van der Waals surface area contributed by atoms with E-state index in [2.05, 4.69) is 22.0 Å². The van der Waals surface area contributed by atoms with E-state index in [1.807, 2.05) is 4.57 Å². The second kappa shape index (κ2) is 7.60. The number of imidazole rings is 1. The number of carbonyl (C=O) groups is 1. The summed E-state index contributed by atoms with van der Waals surface area (Å²) in [6.45, 7) is 0.620. The highest BCUT2D eigenvalue weighted by Crippen LogP contribution is 2.50. The maximum atomic E-state index is 14.4. The van der Waals surface area contributed by atoms with Crippen molar-refractivity contribution in [1.29, 1.82) is 5.26 Å². The van der Waals surface area contributed by atoms with Crippen LogP contribution >= 0.6 is 15.9 Å². The highest BCUT2D eigenvalue weighted by Gasteiger charge is 2.43. The zero-order chi connectivity index (χ0) is 20.6. The molecule has 0 unspecified atom stereocenters. The SMILES string of the molecule is COC(=O)c1ccc2nc(Cc3ccc(Br)cc3F)n(CC3(CC#N)CC3)c2c1. The first-order chi connectivity index (χ1) is 13.9. The Morgan fingerprint density at radius 2 is 2.14 bits per heavy atom. The van der Waals surface area contributed by atoms with Gasteiger partial charge >= 0.3 is 5.97 Å². The Morgan fingerprint density at radius 3 is 2.79 bits per heavy atom. The number of aromatic nitrogens is 2. The molecule has 5 nitrogen and oxygen atoms in total. The number of rotatable bonds is 6. The summed E-state index contributed by atoms with van der Waals surface area (Å²) in [6.07, 6.45) is 2.74. The Kier molecular flexibility index (Phi) is 5.13. The topological polar surface area (TPSA) is 67.9 Å². The van der Waals surface area contributed by atoms with Crippen LogP contribution < -0.4 is 0 Å². The van der Waals surface area contributed by atoms with Gasteiger partial charge in [0.1, 0.15) is 11.6 Å². The molecule has 29 heavy (non-hydrogen) atoms. The third kappa shape index (κ3) is 3.90. The Morgan fingerprint density at radius 1 is 1.34 bits per heavy atom. The zero-order valence-electron chi connectivity index (χ0n) is 15.9. The first kappa shape index (κ1) is 19.6. The van der Waals surface area contributed by atoms with E-state index in [4.69, 9.17) is 9.72 Å². The summed E-state index contributed by atoms with van der Waals surface area (Å²) < 4.78 is 22.0. The van der Waals surface area contributed by atoms with E-state index in [-0.39, 0.29) is 11.2 Å². The molecule has 3 aromatic rings. The molecule has 0 amide bonds. The second-order valence-electron chi connectivity index (χ2n) is 7.56. The van der Waals surface area contributed by atoms with Crippen LogP contribution in [0.4, 0.5) is 4.39 Å². The molecule has 0 atom stereocenters. The Bertz CT molecular complexity index is 1140. The van der Waals surface area contributed by atoms with Crippen LogP contribution in [0.5, 0.6) is 0 Å². The van der Waals surface area contributed by atoms with Gasteiger partial charge in [0.2, 0.25) is 0 Å². The van der Waals surface area contributed by atoms with Gasteiger partial charge in [0.05, 0.1) is 29.8 Å². The van der Waals surface area contributed by atoms with E-state index in [0.717, 1.165) is 23.9 Å². The minimum absolute atomic E-state index is 0.0728. The average molecular weight is 456 g/mol. The number of nitriles is 1. The lowest BCUT2D eigenvalue weighted by Gasteiger charge is -2.16. The van der Waals surface area contributed by atoms with Crippen LogP contribution in [0.1, 0.15) is 41.0 Å². The number of ether oxygens (including phenoxy) is 1. The van der Waals surface area contributed by atoms with Crippen molar-refractivity contribution in [3.8, 4) is 6.07 Å². The minimum Gasteiger partial charge on any atom is -0.465 e. The lowest BCUT2D eigenvalue weighted by molar-refractivity contribution is 0.0601. The Balaban J connectivity index is 1.80. The predicted molar refractivity (Wildman–Crippen MR) is 110 cm³/mol. The molecular weight excluding hydrogens is 437 g/mol. The summed E-state index contributed by atoms with van der Waals surface area (Å²) in [7, 11) is 1.34. The van der Waals surface area contributed by atoms with Gasteiger partial charge in [-0.2, -0.15) is 5.26 Å².